The van der Waals surface area contributed by atoms with Crippen LogP contribution in [0.5, 0.6) is 0 Å². The minimum atomic E-state index is -0.176. The zero-order valence-electron chi connectivity index (χ0n) is 11.5. The van der Waals surface area contributed by atoms with E-state index in [-0.39, 0.29) is 24.4 Å². The van der Waals surface area contributed by atoms with Crippen LogP contribution in [0.15, 0.2) is 41.0 Å². The van der Waals surface area contributed by atoms with E-state index in [0.29, 0.717) is 11.6 Å². The molecule has 0 bridgehead atoms. The first-order valence-electron chi connectivity index (χ1n) is 6.85. The van der Waals surface area contributed by atoms with Gasteiger partial charge in [0.05, 0.1) is 0 Å². The van der Waals surface area contributed by atoms with E-state index in [1.165, 1.54) is 6.26 Å². The summed E-state index contributed by atoms with van der Waals surface area (Å²) in [6.45, 7) is 1.84. The van der Waals surface area contributed by atoms with Crippen LogP contribution >= 0.6 is 12.4 Å². The molecule has 2 aromatic rings. The highest BCUT2D eigenvalue weighted by atomic mass is 35.5. The normalized spacial score (nSPS) is 17.8. The number of nitrogens with one attached hydrogen (secondary N) is 2. The Morgan fingerprint density at radius 2 is 2.14 bits per heavy atom. The highest BCUT2D eigenvalue weighted by molar-refractivity contribution is 5.92. The van der Waals surface area contributed by atoms with E-state index in [0.717, 1.165) is 31.5 Å². The largest absolute Gasteiger partial charge is 0.444 e. The molecule has 1 aromatic heterocycles. The fourth-order valence-corrected chi connectivity index (χ4v) is 2.33. The van der Waals surface area contributed by atoms with Crippen LogP contribution in [0.25, 0.3) is 11.5 Å². The molecule has 2 N–H and O–H groups in total. The van der Waals surface area contributed by atoms with Gasteiger partial charge in [0.25, 0.3) is 5.91 Å². The van der Waals surface area contributed by atoms with Gasteiger partial charge in [-0.2, -0.15) is 0 Å². The van der Waals surface area contributed by atoms with Crippen LogP contribution in [0.3, 0.4) is 0 Å². The number of nitrogens with zero attached hydrogens (tertiary/aromatic N) is 1. The number of oxazole rings is 1. The Morgan fingerprint density at radius 1 is 1.33 bits per heavy atom. The molecule has 0 saturated carbocycles. The number of carbonyl (C=O) groups excluding carboxylic acids is 1. The van der Waals surface area contributed by atoms with Crippen molar-refractivity contribution < 1.29 is 9.21 Å². The highest BCUT2D eigenvalue weighted by Gasteiger charge is 2.19. The standard InChI is InChI=1S/C15H17N3O2.ClH/c19-14(17-12-7-4-8-16-9-12)13-10-20-15(18-13)11-5-2-1-3-6-11;/h1-3,5-6,10,12,16H,4,7-9H2,(H,17,19);1H/t12-;/m0./s1. The molecule has 112 valence electrons. The minimum absolute atomic E-state index is 0. The summed E-state index contributed by atoms with van der Waals surface area (Å²) in [6, 6.07) is 9.72. The fourth-order valence-electron chi connectivity index (χ4n) is 2.33. The molecule has 1 aliphatic heterocycles. The van der Waals surface area contributed by atoms with Gasteiger partial charge < -0.3 is 15.1 Å². The Hall–Kier alpha value is -1.85. The third-order valence-electron chi connectivity index (χ3n) is 3.39. The van der Waals surface area contributed by atoms with Gasteiger partial charge in [0.2, 0.25) is 5.89 Å². The Kier molecular flexibility index (Phi) is 5.36. The van der Waals surface area contributed by atoms with Crippen molar-refractivity contribution in [2.24, 2.45) is 0 Å². The Balaban J connectivity index is 0.00000161. The number of benzene rings is 1. The smallest absolute Gasteiger partial charge is 0.273 e. The van der Waals surface area contributed by atoms with Gasteiger partial charge in [0.15, 0.2) is 5.69 Å². The van der Waals surface area contributed by atoms with Crippen LogP contribution in [0, 0.1) is 0 Å². The summed E-state index contributed by atoms with van der Waals surface area (Å²) in [6.07, 6.45) is 3.50. The van der Waals surface area contributed by atoms with E-state index in [1.54, 1.807) is 0 Å². The lowest BCUT2D eigenvalue weighted by atomic mass is 10.1. The maximum atomic E-state index is 12.1. The van der Waals surface area contributed by atoms with Gasteiger partial charge in [-0.25, -0.2) is 4.98 Å². The van der Waals surface area contributed by atoms with Crippen molar-refractivity contribution in [2.45, 2.75) is 18.9 Å². The topological polar surface area (TPSA) is 67.2 Å². The molecule has 1 fully saturated rings. The van der Waals surface area contributed by atoms with Gasteiger partial charge in [-0.15, -0.1) is 12.4 Å². The highest BCUT2D eigenvalue weighted by Crippen LogP contribution is 2.18. The van der Waals surface area contributed by atoms with Crippen molar-refractivity contribution in [2.75, 3.05) is 13.1 Å². The van der Waals surface area contributed by atoms with Crippen molar-refractivity contribution >= 4 is 18.3 Å². The number of aromatic nitrogens is 1. The van der Waals surface area contributed by atoms with E-state index < -0.39 is 0 Å². The summed E-state index contributed by atoms with van der Waals surface area (Å²) in [7, 11) is 0. The molecule has 6 heteroatoms. The third kappa shape index (κ3) is 3.83. The predicted molar refractivity (Wildman–Crippen MR) is 82.5 cm³/mol. The number of carbonyl (C=O) groups is 1. The first-order chi connectivity index (χ1) is 9.83. The molecule has 21 heavy (non-hydrogen) atoms. The van der Waals surface area contributed by atoms with Gasteiger partial charge in [-0.1, -0.05) is 18.2 Å². The third-order valence-corrected chi connectivity index (χ3v) is 3.39. The van der Waals surface area contributed by atoms with Gasteiger partial charge in [-0.05, 0) is 31.5 Å². The van der Waals surface area contributed by atoms with Crippen LogP contribution in [0.4, 0.5) is 0 Å². The number of hydrogen-bond acceptors (Lipinski definition) is 4. The van der Waals surface area contributed by atoms with Crippen LogP contribution in [0.1, 0.15) is 23.3 Å². The Labute approximate surface area is 129 Å². The lowest BCUT2D eigenvalue weighted by molar-refractivity contribution is 0.0925. The average Bonchev–Trinajstić information content (AvgIpc) is 2.99. The monoisotopic (exact) mass is 307 g/mol. The van der Waals surface area contributed by atoms with E-state index in [9.17, 15) is 4.79 Å². The number of piperidine rings is 1. The molecule has 1 saturated heterocycles. The maximum absolute atomic E-state index is 12.1. The number of amides is 1. The van der Waals surface area contributed by atoms with Gasteiger partial charge in [0, 0.05) is 18.2 Å². The molecular weight excluding hydrogens is 290 g/mol. The second-order valence-corrected chi connectivity index (χ2v) is 4.92. The van der Waals surface area contributed by atoms with E-state index in [1.807, 2.05) is 30.3 Å². The molecule has 0 aliphatic carbocycles. The zero-order valence-corrected chi connectivity index (χ0v) is 12.4. The molecule has 0 unspecified atom stereocenters. The molecule has 1 atom stereocenters. The summed E-state index contributed by atoms with van der Waals surface area (Å²) in [5.41, 5.74) is 1.19. The maximum Gasteiger partial charge on any atom is 0.273 e. The summed E-state index contributed by atoms with van der Waals surface area (Å²) in [5.74, 6) is 0.294. The molecular formula is C15H18ClN3O2. The first kappa shape index (κ1) is 15.5. The van der Waals surface area contributed by atoms with E-state index in [4.69, 9.17) is 4.42 Å². The molecule has 0 radical (unpaired) electrons. The van der Waals surface area contributed by atoms with Crippen LogP contribution in [-0.2, 0) is 0 Å². The molecule has 3 rings (SSSR count). The van der Waals surface area contributed by atoms with Crippen molar-refractivity contribution in [1.82, 2.24) is 15.6 Å². The second-order valence-electron chi connectivity index (χ2n) is 4.92. The van der Waals surface area contributed by atoms with Gasteiger partial charge >= 0.3 is 0 Å². The van der Waals surface area contributed by atoms with E-state index >= 15 is 0 Å². The van der Waals surface area contributed by atoms with Crippen LogP contribution in [-0.4, -0.2) is 30.0 Å². The minimum Gasteiger partial charge on any atom is -0.444 e. The predicted octanol–water partition coefficient (Wildman–Crippen LogP) is 2.25. The van der Waals surface area contributed by atoms with Crippen LogP contribution < -0.4 is 10.6 Å². The lowest BCUT2D eigenvalue weighted by Gasteiger charge is -2.23. The Bertz CT molecular complexity index is 580. The summed E-state index contributed by atoms with van der Waals surface area (Å²) >= 11 is 0. The van der Waals surface area contributed by atoms with Crippen LogP contribution in [0.2, 0.25) is 0 Å². The van der Waals surface area contributed by atoms with E-state index in [2.05, 4.69) is 15.6 Å². The average molecular weight is 308 g/mol. The van der Waals surface area contributed by atoms with Gasteiger partial charge in [0.1, 0.15) is 6.26 Å². The van der Waals surface area contributed by atoms with Crippen molar-refractivity contribution in [3.05, 3.63) is 42.3 Å². The quantitative estimate of drug-likeness (QED) is 0.912. The zero-order chi connectivity index (χ0) is 13.8. The summed E-state index contributed by atoms with van der Waals surface area (Å²) < 4.78 is 5.37. The van der Waals surface area contributed by atoms with Crippen molar-refractivity contribution in [3.8, 4) is 11.5 Å². The summed E-state index contributed by atoms with van der Waals surface area (Å²) in [4.78, 5) is 16.3. The molecule has 1 aliphatic rings. The molecule has 2 heterocycles. The lowest BCUT2D eigenvalue weighted by Crippen LogP contribution is -2.45. The molecule has 1 aromatic carbocycles. The first-order valence-corrected chi connectivity index (χ1v) is 6.85. The number of halogens is 1. The fraction of sp³-hybridized carbons (Fsp3) is 0.333. The number of rotatable bonds is 3. The SMILES string of the molecule is Cl.O=C(N[C@H]1CCCNC1)c1coc(-c2ccccc2)n1. The van der Waals surface area contributed by atoms with Crippen molar-refractivity contribution in [3.63, 3.8) is 0 Å². The number of hydrogen-bond donors (Lipinski definition) is 2. The van der Waals surface area contributed by atoms with Gasteiger partial charge in [-0.3, -0.25) is 4.79 Å². The second kappa shape index (κ2) is 7.24. The summed E-state index contributed by atoms with van der Waals surface area (Å²) in [5, 5.41) is 6.24. The molecule has 1 amide bonds. The molecule has 5 nitrogen and oxygen atoms in total. The molecule has 0 spiro atoms. The van der Waals surface area contributed by atoms with Crippen molar-refractivity contribution in [1.29, 1.82) is 0 Å². The Morgan fingerprint density at radius 3 is 2.86 bits per heavy atom.